The fraction of sp³-hybridized carbons (Fsp3) is 0.143. The molecule has 0 unspecified atom stereocenters. The van der Waals surface area contributed by atoms with E-state index in [4.69, 9.17) is 0 Å². The van der Waals surface area contributed by atoms with Gasteiger partial charge in [0, 0.05) is 29.4 Å². The maximum Gasteiger partial charge on any atom is 0.255 e. The molecule has 0 saturated carbocycles. The summed E-state index contributed by atoms with van der Waals surface area (Å²) < 4.78 is 0. The van der Waals surface area contributed by atoms with E-state index in [0.29, 0.717) is 12.1 Å². The second-order valence-electron chi connectivity index (χ2n) is 5.90. The Morgan fingerprint density at radius 1 is 1.12 bits per heavy atom. The van der Waals surface area contributed by atoms with Gasteiger partial charge in [-0.2, -0.15) is 0 Å². The molecule has 1 N–H and O–H groups in total. The highest BCUT2D eigenvalue weighted by Gasteiger charge is 2.11. The second-order valence-corrected chi connectivity index (χ2v) is 5.90. The Kier molecular flexibility index (Phi) is 4.80. The van der Waals surface area contributed by atoms with E-state index in [-0.39, 0.29) is 11.5 Å². The van der Waals surface area contributed by atoms with Crippen LogP contribution in [0.5, 0.6) is 0 Å². The zero-order valence-electron chi connectivity index (χ0n) is 14.3. The number of nitrogens with zero attached hydrogens (tertiary/aromatic N) is 1. The lowest BCUT2D eigenvalue weighted by Gasteiger charge is -2.19. The number of rotatable bonds is 4. The Bertz CT molecular complexity index is 1000. The summed E-state index contributed by atoms with van der Waals surface area (Å²) in [6.07, 6.45) is 3.03. The highest BCUT2D eigenvalue weighted by atomic mass is 16.2. The van der Waals surface area contributed by atoms with Crippen molar-refractivity contribution in [2.45, 2.75) is 13.8 Å². The number of fused-ring (bicyclic) bond motifs is 1. The van der Waals surface area contributed by atoms with Crippen LogP contribution in [0.15, 0.2) is 65.5 Å². The first-order valence-electron chi connectivity index (χ1n) is 8.27. The Morgan fingerprint density at radius 2 is 1.92 bits per heavy atom. The van der Waals surface area contributed by atoms with E-state index in [1.807, 2.05) is 62.4 Å². The molecule has 4 heteroatoms. The van der Waals surface area contributed by atoms with Gasteiger partial charge in [0.25, 0.3) is 11.5 Å². The molecule has 4 nitrogen and oxygen atoms in total. The molecule has 1 heterocycles. The van der Waals surface area contributed by atoms with Crippen LogP contribution in [0.4, 0.5) is 5.69 Å². The lowest BCUT2D eigenvalue weighted by atomic mass is 10.1. The van der Waals surface area contributed by atoms with Crippen molar-refractivity contribution in [1.29, 1.82) is 0 Å². The molecule has 1 amide bonds. The summed E-state index contributed by atoms with van der Waals surface area (Å²) in [7, 11) is 0. The number of para-hydroxylation sites is 1. The van der Waals surface area contributed by atoms with Crippen molar-refractivity contribution in [2.24, 2.45) is 0 Å². The number of pyridine rings is 1. The molecular weight excluding hydrogens is 312 g/mol. The fourth-order valence-corrected chi connectivity index (χ4v) is 2.80. The summed E-state index contributed by atoms with van der Waals surface area (Å²) in [6.45, 7) is 4.48. The van der Waals surface area contributed by atoms with Crippen molar-refractivity contribution < 1.29 is 4.79 Å². The molecule has 2 aromatic carbocycles. The predicted octanol–water partition coefficient (Wildman–Crippen LogP) is 3.90. The number of benzene rings is 2. The largest absolute Gasteiger partial charge is 0.321 e. The fourth-order valence-electron chi connectivity index (χ4n) is 2.80. The van der Waals surface area contributed by atoms with Crippen molar-refractivity contribution in [3.63, 3.8) is 0 Å². The summed E-state index contributed by atoms with van der Waals surface area (Å²) in [5, 5.41) is 0.931. The van der Waals surface area contributed by atoms with Gasteiger partial charge in [-0.15, -0.1) is 0 Å². The van der Waals surface area contributed by atoms with Crippen molar-refractivity contribution >= 4 is 28.6 Å². The van der Waals surface area contributed by atoms with Gasteiger partial charge in [-0.05, 0) is 55.1 Å². The number of amides is 1. The van der Waals surface area contributed by atoms with E-state index in [1.165, 1.54) is 6.08 Å². The molecule has 0 aliphatic carbocycles. The second kappa shape index (κ2) is 7.18. The molecule has 3 aromatic rings. The van der Waals surface area contributed by atoms with Gasteiger partial charge in [-0.25, -0.2) is 0 Å². The Balaban J connectivity index is 1.89. The third kappa shape index (κ3) is 3.69. The smallest absolute Gasteiger partial charge is 0.255 e. The number of aromatic amines is 1. The Hall–Kier alpha value is -3.14. The van der Waals surface area contributed by atoms with E-state index >= 15 is 0 Å². The minimum Gasteiger partial charge on any atom is -0.321 e. The van der Waals surface area contributed by atoms with Crippen LogP contribution >= 0.6 is 0 Å². The van der Waals surface area contributed by atoms with Crippen LogP contribution in [0.3, 0.4) is 0 Å². The number of nitrogens with one attached hydrogen (secondary N) is 1. The molecule has 1 aromatic heterocycles. The molecule has 0 radical (unpaired) electrons. The number of anilines is 1. The first kappa shape index (κ1) is 16.7. The minimum absolute atomic E-state index is 0.152. The average Bonchev–Trinajstić information content (AvgIpc) is 2.60. The quantitative estimate of drug-likeness (QED) is 0.737. The number of aryl methyl sites for hydroxylation is 1. The lowest BCUT2D eigenvalue weighted by Crippen LogP contribution is -2.28. The van der Waals surface area contributed by atoms with Crippen molar-refractivity contribution in [3.8, 4) is 0 Å². The van der Waals surface area contributed by atoms with Gasteiger partial charge in [-0.1, -0.05) is 30.3 Å². The Morgan fingerprint density at radius 3 is 2.68 bits per heavy atom. The number of carbonyl (C=O) groups is 1. The normalized spacial score (nSPS) is 11.1. The van der Waals surface area contributed by atoms with Crippen molar-refractivity contribution in [3.05, 3.63) is 82.2 Å². The van der Waals surface area contributed by atoms with E-state index in [0.717, 1.165) is 22.2 Å². The van der Waals surface area contributed by atoms with Gasteiger partial charge in [0.15, 0.2) is 0 Å². The van der Waals surface area contributed by atoms with Crippen LogP contribution in [0, 0.1) is 6.92 Å². The minimum atomic E-state index is -0.207. The van der Waals surface area contributed by atoms with Gasteiger partial charge in [0.05, 0.1) is 0 Å². The molecule has 0 fully saturated rings. The molecule has 25 heavy (non-hydrogen) atoms. The number of hydrogen-bond acceptors (Lipinski definition) is 2. The summed E-state index contributed by atoms with van der Waals surface area (Å²) in [5.41, 5.74) is 2.99. The zero-order valence-corrected chi connectivity index (χ0v) is 14.3. The van der Waals surface area contributed by atoms with E-state index in [2.05, 4.69) is 4.98 Å². The monoisotopic (exact) mass is 332 g/mol. The molecule has 0 aliphatic rings. The topological polar surface area (TPSA) is 53.2 Å². The average molecular weight is 332 g/mol. The van der Waals surface area contributed by atoms with Gasteiger partial charge in [0.2, 0.25) is 0 Å². The van der Waals surface area contributed by atoms with E-state index < -0.39 is 0 Å². The highest BCUT2D eigenvalue weighted by Crippen LogP contribution is 2.17. The molecule has 0 saturated heterocycles. The molecule has 0 spiro atoms. The van der Waals surface area contributed by atoms with Crippen LogP contribution in [0.2, 0.25) is 0 Å². The maximum atomic E-state index is 12.6. The maximum absolute atomic E-state index is 12.6. The number of aromatic nitrogens is 1. The molecular formula is C21H20N2O2. The Labute approximate surface area is 146 Å². The molecule has 0 bridgehead atoms. The van der Waals surface area contributed by atoms with Crippen LogP contribution < -0.4 is 10.5 Å². The third-order valence-corrected chi connectivity index (χ3v) is 4.08. The molecule has 126 valence electrons. The van der Waals surface area contributed by atoms with Crippen molar-refractivity contribution in [2.75, 3.05) is 11.4 Å². The molecule has 0 aliphatic heterocycles. The summed E-state index contributed by atoms with van der Waals surface area (Å²) in [4.78, 5) is 29.2. The van der Waals surface area contributed by atoms with Crippen LogP contribution in [-0.2, 0) is 4.79 Å². The zero-order chi connectivity index (χ0) is 17.8. The van der Waals surface area contributed by atoms with E-state index in [9.17, 15) is 9.59 Å². The summed E-state index contributed by atoms with van der Waals surface area (Å²) >= 11 is 0. The summed E-state index contributed by atoms with van der Waals surface area (Å²) in [5.74, 6) is -0.152. The first-order chi connectivity index (χ1) is 12.1. The lowest BCUT2D eigenvalue weighted by molar-refractivity contribution is -0.114. The summed E-state index contributed by atoms with van der Waals surface area (Å²) in [6, 6.07) is 17.2. The standard InChI is InChI=1S/C21H20N2O2/c1-3-23(18-9-6-7-15(2)13-18)20(24)12-11-17-14-16-8-4-5-10-19(16)22-21(17)25/h4-14H,3H2,1-2H3,(H,22,25)/b12-11+. The molecule has 0 atom stereocenters. The van der Waals surface area contributed by atoms with Crippen LogP contribution in [0.1, 0.15) is 18.1 Å². The van der Waals surface area contributed by atoms with Crippen LogP contribution in [-0.4, -0.2) is 17.4 Å². The van der Waals surface area contributed by atoms with Gasteiger partial charge in [-0.3, -0.25) is 9.59 Å². The third-order valence-electron chi connectivity index (χ3n) is 4.08. The number of carbonyl (C=O) groups excluding carboxylic acids is 1. The van der Waals surface area contributed by atoms with Gasteiger partial charge < -0.3 is 9.88 Å². The van der Waals surface area contributed by atoms with Crippen LogP contribution in [0.25, 0.3) is 17.0 Å². The van der Waals surface area contributed by atoms with Crippen molar-refractivity contribution in [1.82, 2.24) is 4.98 Å². The van der Waals surface area contributed by atoms with Gasteiger partial charge >= 0.3 is 0 Å². The SMILES string of the molecule is CCN(C(=O)/C=C/c1cc2ccccc2[nH]c1=O)c1cccc(C)c1. The number of H-pyrrole nitrogens is 1. The first-order valence-corrected chi connectivity index (χ1v) is 8.27. The van der Waals surface area contributed by atoms with Gasteiger partial charge in [0.1, 0.15) is 0 Å². The highest BCUT2D eigenvalue weighted by molar-refractivity contribution is 6.04. The number of likely N-dealkylation sites (N-methyl/N-ethyl adjacent to an activating group) is 1. The molecule has 3 rings (SSSR count). The number of hydrogen-bond donors (Lipinski definition) is 1. The predicted molar refractivity (Wildman–Crippen MR) is 103 cm³/mol. The van der Waals surface area contributed by atoms with E-state index in [1.54, 1.807) is 17.0 Å².